The van der Waals surface area contributed by atoms with Gasteiger partial charge in [-0.05, 0) is 56.8 Å². The zero-order valence-corrected chi connectivity index (χ0v) is 16.0. The topological polar surface area (TPSA) is 84.7 Å². The SMILES string of the molecule is CCOc1cc(/C=N\n2cn[nH]c2=S)ccc1OCC(=O)N(CC)CC. The largest absolute Gasteiger partial charge is 0.490 e. The van der Waals surface area contributed by atoms with E-state index >= 15 is 0 Å². The summed E-state index contributed by atoms with van der Waals surface area (Å²) in [5.74, 6) is 1.02. The quantitative estimate of drug-likeness (QED) is 0.536. The number of benzene rings is 1. The van der Waals surface area contributed by atoms with E-state index in [2.05, 4.69) is 15.3 Å². The molecule has 0 unspecified atom stereocenters. The summed E-state index contributed by atoms with van der Waals surface area (Å²) in [6.45, 7) is 7.52. The van der Waals surface area contributed by atoms with Crippen molar-refractivity contribution < 1.29 is 14.3 Å². The molecular weight excluding hydrogens is 354 g/mol. The van der Waals surface area contributed by atoms with Crippen LogP contribution in [0.5, 0.6) is 11.5 Å². The molecule has 0 radical (unpaired) electrons. The molecule has 0 bridgehead atoms. The molecule has 1 heterocycles. The lowest BCUT2D eigenvalue weighted by Gasteiger charge is -2.19. The van der Waals surface area contributed by atoms with Gasteiger partial charge in [-0.1, -0.05) is 0 Å². The Morgan fingerprint density at radius 1 is 1.31 bits per heavy atom. The molecule has 1 N–H and O–H groups in total. The highest BCUT2D eigenvalue weighted by Gasteiger charge is 2.12. The Kier molecular flexibility index (Phi) is 7.34. The predicted molar refractivity (Wildman–Crippen MR) is 101 cm³/mol. The van der Waals surface area contributed by atoms with Crippen molar-refractivity contribution in [1.82, 2.24) is 19.8 Å². The number of aromatic amines is 1. The van der Waals surface area contributed by atoms with Gasteiger partial charge in [0.05, 0.1) is 12.8 Å². The van der Waals surface area contributed by atoms with Crippen LogP contribution < -0.4 is 9.47 Å². The van der Waals surface area contributed by atoms with Crippen LogP contribution in [0.25, 0.3) is 0 Å². The maximum atomic E-state index is 12.1. The monoisotopic (exact) mass is 377 g/mol. The standard InChI is InChI=1S/C17H23N5O3S/c1-4-21(5-2)16(23)11-25-14-8-7-13(9-15(14)24-6-3)10-19-22-12-18-20-17(22)26/h7-10,12H,4-6,11H2,1-3H3,(H,20,26)/b19-10-. The van der Waals surface area contributed by atoms with Gasteiger partial charge in [0.2, 0.25) is 4.77 Å². The maximum Gasteiger partial charge on any atom is 0.260 e. The third kappa shape index (κ3) is 5.16. The van der Waals surface area contributed by atoms with Crippen molar-refractivity contribution >= 4 is 24.3 Å². The molecule has 0 saturated carbocycles. The van der Waals surface area contributed by atoms with Crippen LogP contribution in [0.3, 0.4) is 0 Å². The molecule has 0 aliphatic rings. The number of ether oxygens (including phenoxy) is 2. The second kappa shape index (κ2) is 9.71. The zero-order valence-electron chi connectivity index (χ0n) is 15.1. The van der Waals surface area contributed by atoms with Crippen LogP contribution in [0.4, 0.5) is 0 Å². The van der Waals surface area contributed by atoms with Crippen LogP contribution in [0.2, 0.25) is 0 Å². The average molecular weight is 377 g/mol. The molecule has 8 nitrogen and oxygen atoms in total. The summed E-state index contributed by atoms with van der Waals surface area (Å²) >= 11 is 5.04. The van der Waals surface area contributed by atoms with E-state index in [0.29, 0.717) is 36.0 Å². The van der Waals surface area contributed by atoms with Crippen molar-refractivity contribution in [2.45, 2.75) is 20.8 Å². The summed E-state index contributed by atoms with van der Waals surface area (Å²) in [6.07, 6.45) is 3.12. The molecule has 0 fully saturated rings. The minimum atomic E-state index is -0.0579. The minimum absolute atomic E-state index is 0.0284. The second-order valence-corrected chi connectivity index (χ2v) is 5.63. The van der Waals surface area contributed by atoms with Crippen molar-refractivity contribution in [3.8, 4) is 11.5 Å². The molecule has 1 aromatic heterocycles. The number of rotatable bonds is 9. The summed E-state index contributed by atoms with van der Waals surface area (Å²) in [6, 6.07) is 5.39. The van der Waals surface area contributed by atoms with Crippen LogP contribution in [-0.4, -0.2) is 58.2 Å². The van der Waals surface area contributed by atoms with Crippen molar-refractivity contribution in [2.75, 3.05) is 26.3 Å². The number of nitrogens with one attached hydrogen (secondary N) is 1. The van der Waals surface area contributed by atoms with E-state index in [9.17, 15) is 4.79 Å². The third-order valence-corrected chi connectivity index (χ3v) is 3.88. The number of likely N-dealkylation sites (N-methyl/N-ethyl adjacent to an activating group) is 1. The number of aromatic nitrogens is 3. The van der Waals surface area contributed by atoms with Crippen LogP contribution in [0.15, 0.2) is 29.6 Å². The highest BCUT2D eigenvalue weighted by molar-refractivity contribution is 7.71. The first-order chi connectivity index (χ1) is 12.6. The van der Waals surface area contributed by atoms with E-state index in [1.165, 1.54) is 11.0 Å². The minimum Gasteiger partial charge on any atom is -0.490 e. The first-order valence-electron chi connectivity index (χ1n) is 8.42. The number of hydrogen-bond acceptors (Lipinski definition) is 6. The van der Waals surface area contributed by atoms with Gasteiger partial charge in [0.25, 0.3) is 5.91 Å². The van der Waals surface area contributed by atoms with Crippen molar-refractivity contribution in [2.24, 2.45) is 5.10 Å². The first-order valence-corrected chi connectivity index (χ1v) is 8.83. The Morgan fingerprint density at radius 2 is 2.08 bits per heavy atom. The van der Waals surface area contributed by atoms with Crippen LogP contribution in [-0.2, 0) is 4.79 Å². The molecular formula is C17H23N5O3S. The fraction of sp³-hybridized carbons (Fsp3) is 0.412. The number of H-pyrrole nitrogens is 1. The molecule has 2 rings (SSSR count). The molecule has 9 heteroatoms. The molecule has 1 aromatic carbocycles. The van der Waals surface area contributed by atoms with Crippen molar-refractivity contribution in [3.63, 3.8) is 0 Å². The first kappa shape index (κ1) is 19.6. The number of hydrogen-bond donors (Lipinski definition) is 1. The van der Waals surface area contributed by atoms with E-state index in [1.807, 2.05) is 26.8 Å². The van der Waals surface area contributed by atoms with Gasteiger partial charge in [-0.3, -0.25) is 9.89 Å². The van der Waals surface area contributed by atoms with Gasteiger partial charge >= 0.3 is 0 Å². The van der Waals surface area contributed by atoms with Gasteiger partial charge in [-0.2, -0.15) is 14.9 Å². The fourth-order valence-corrected chi connectivity index (χ4v) is 2.40. The molecule has 1 amide bonds. The van der Waals surface area contributed by atoms with E-state index in [4.69, 9.17) is 21.7 Å². The van der Waals surface area contributed by atoms with Gasteiger partial charge in [-0.25, -0.2) is 0 Å². The molecule has 26 heavy (non-hydrogen) atoms. The van der Waals surface area contributed by atoms with E-state index < -0.39 is 0 Å². The molecule has 0 aliphatic carbocycles. The van der Waals surface area contributed by atoms with Gasteiger partial charge in [0, 0.05) is 13.1 Å². The van der Waals surface area contributed by atoms with Gasteiger partial charge in [0.15, 0.2) is 18.1 Å². The number of carbonyl (C=O) groups is 1. The van der Waals surface area contributed by atoms with Crippen LogP contribution in [0.1, 0.15) is 26.3 Å². The van der Waals surface area contributed by atoms with Crippen molar-refractivity contribution in [3.05, 3.63) is 34.9 Å². The Labute approximate surface area is 157 Å². The van der Waals surface area contributed by atoms with E-state index in [-0.39, 0.29) is 12.5 Å². The summed E-state index contributed by atoms with van der Waals surface area (Å²) < 4.78 is 13.1. The Morgan fingerprint density at radius 3 is 2.69 bits per heavy atom. The summed E-state index contributed by atoms with van der Waals surface area (Å²) in [5, 5.41) is 10.7. The van der Waals surface area contributed by atoms with Gasteiger partial charge in [0.1, 0.15) is 6.33 Å². The number of nitrogens with zero attached hydrogens (tertiary/aromatic N) is 4. The molecule has 0 atom stereocenters. The zero-order chi connectivity index (χ0) is 18.9. The molecule has 140 valence electrons. The molecule has 0 aliphatic heterocycles. The number of carbonyl (C=O) groups excluding carboxylic acids is 1. The Hall–Kier alpha value is -2.68. The van der Waals surface area contributed by atoms with Crippen LogP contribution >= 0.6 is 12.2 Å². The highest BCUT2D eigenvalue weighted by atomic mass is 32.1. The van der Waals surface area contributed by atoms with Crippen LogP contribution in [0, 0.1) is 4.77 Å². The molecule has 2 aromatic rings. The Bertz CT molecular complexity index is 811. The predicted octanol–water partition coefficient (Wildman–Crippen LogP) is 2.47. The molecule has 0 saturated heterocycles. The normalized spacial score (nSPS) is 10.9. The lowest BCUT2D eigenvalue weighted by molar-refractivity contribution is -0.132. The number of amides is 1. The lowest BCUT2D eigenvalue weighted by Crippen LogP contribution is -2.34. The molecule has 0 spiro atoms. The Balaban J connectivity index is 2.12. The maximum absolute atomic E-state index is 12.1. The highest BCUT2D eigenvalue weighted by Crippen LogP contribution is 2.28. The summed E-state index contributed by atoms with van der Waals surface area (Å²) in [5.41, 5.74) is 0.805. The lowest BCUT2D eigenvalue weighted by atomic mass is 10.2. The summed E-state index contributed by atoms with van der Waals surface area (Å²) in [7, 11) is 0. The van der Waals surface area contributed by atoms with E-state index in [1.54, 1.807) is 23.2 Å². The van der Waals surface area contributed by atoms with E-state index in [0.717, 1.165) is 5.56 Å². The third-order valence-electron chi connectivity index (χ3n) is 3.60. The van der Waals surface area contributed by atoms with Crippen molar-refractivity contribution in [1.29, 1.82) is 0 Å². The fourth-order valence-electron chi connectivity index (χ4n) is 2.25. The summed E-state index contributed by atoms with van der Waals surface area (Å²) in [4.78, 5) is 13.8. The second-order valence-electron chi connectivity index (χ2n) is 5.24. The van der Waals surface area contributed by atoms with Gasteiger partial charge < -0.3 is 14.4 Å². The van der Waals surface area contributed by atoms with Gasteiger partial charge in [-0.15, -0.1) is 0 Å². The smallest absolute Gasteiger partial charge is 0.260 e. The average Bonchev–Trinajstić information content (AvgIpc) is 3.05.